The Hall–Kier alpha value is -0.870. The lowest BCUT2D eigenvalue weighted by Gasteiger charge is -2.28. The van der Waals surface area contributed by atoms with E-state index < -0.39 is 0 Å². The Labute approximate surface area is 106 Å². The van der Waals surface area contributed by atoms with Crippen LogP contribution in [0.4, 0.5) is 0 Å². The minimum Gasteiger partial charge on any atom is -0.465 e. The van der Waals surface area contributed by atoms with Crippen molar-refractivity contribution in [2.45, 2.75) is 26.8 Å². The zero-order valence-corrected chi connectivity index (χ0v) is 11.5. The third-order valence-corrected chi connectivity index (χ3v) is 4.07. The van der Waals surface area contributed by atoms with E-state index >= 15 is 0 Å². The van der Waals surface area contributed by atoms with Gasteiger partial charge in [-0.15, -0.1) is 11.3 Å². The van der Waals surface area contributed by atoms with Crippen molar-refractivity contribution in [3.05, 3.63) is 21.4 Å². The predicted molar refractivity (Wildman–Crippen MR) is 69.5 cm³/mol. The van der Waals surface area contributed by atoms with Crippen molar-refractivity contribution in [1.82, 2.24) is 4.90 Å². The lowest BCUT2D eigenvalue weighted by molar-refractivity contribution is 0.0599. The largest absolute Gasteiger partial charge is 0.465 e. The SMILES string of the molecule is COC(=O)c1csc2c1CCN(CC(C)C)C2. The highest BCUT2D eigenvalue weighted by molar-refractivity contribution is 7.10. The number of rotatable bonds is 3. The molecule has 0 aliphatic carbocycles. The summed E-state index contributed by atoms with van der Waals surface area (Å²) in [6.45, 7) is 7.64. The summed E-state index contributed by atoms with van der Waals surface area (Å²) in [5.74, 6) is 0.497. The van der Waals surface area contributed by atoms with Crippen LogP contribution in [0.5, 0.6) is 0 Å². The maximum atomic E-state index is 11.6. The highest BCUT2D eigenvalue weighted by Crippen LogP contribution is 2.29. The lowest BCUT2D eigenvalue weighted by Crippen LogP contribution is -2.33. The molecule has 0 saturated carbocycles. The zero-order chi connectivity index (χ0) is 12.4. The van der Waals surface area contributed by atoms with Crippen LogP contribution < -0.4 is 0 Å². The lowest BCUT2D eigenvalue weighted by atomic mass is 10.0. The van der Waals surface area contributed by atoms with Gasteiger partial charge in [-0.05, 0) is 17.9 Å². The fourth-order valence-electron chi connectivity index (χ4n) is 2.33. The number of ether oxygens (including phenoxy) is 1. The summed E-state index contributed by atoms with van der Waals surface area (Å²) in [5.41, 5.74) is 1.98. The number of thiophene rings is 1. The molecule has 0 N–H and O–H groups in total. The van der Waals surface area contributed by atoms with E-state index in [0.717, 1.165) is 31.6 Å². The Morgan fingerprint density at radius 2 is 2.35 bits per heavy atom. The predicted octanol–water partition coefficient (Wildman–Crippen LogP) is 2.55. The molecule has 4 heteroatoms. The maximum Gasteiger partial charge on any atom is 0.338 e. The van der Waals surface area contributed by atoms with Crippen molar-refractivity contribution < 1.29 is 9.53 Å². The van der Waals surface area contributed by atoms with Crippen LogP contribution in [0.3, 0.4) is 0 Å². The minimum absolute atomic E-state index is 0.195. The molecule has 17 heavy (non-hydrogen) atoms. The molecule has 2 rings (SSSR count). The molecular weight excluding hydrogens is 234 g/mol. The second-order valence-corrected chi connectivity index (χ2v) is 5.89. The first-order valence-electron chi connectivity index (χ1n) is 6.01. The fourth-order valence-corrected chi connectivity index (χ4v) is 3.44. The van der Waals surface area contributed by atoms with E-state index in [1.165, 1.54) is 17.6 Å². The second-order valence-electron chi connectivity index (χ2n) is 4.92. The van der Waals surface area contributed by atoms with Crippen LogP contribution in [0.1, 0.15) is 34.6 Å². The number of carbonyl (C=O) groups is 1. The summed E-state index contributed by atoms with van der Waals surface area (Å²) in [6, 6.07) is 0. The van der Waals surface area contributed by atoms with Crippen LogP contribution in [0.25, 0.3) is 0 Å². The molecule has 0 unspecified atom stereocenters. The molecule has 0 amide bonds. The van der Waals surface area contributed by atoms with Gasteiger partial charge in [0.15, 0.2) is 0 Å². The van der Waals surface area contributed by atoms with Crippen LogP contribution in [0.15, 0.2) is 5.38 Å². The first kappa shape index (κ1) is 12.6. The quantitative estimate of drug-likeness (QED) is 0.775. The highest BCUT2D eigenvalue weighted by Gasteiger charge is 2.24. The van der Waals surface area contributed by atoms with Gasteiger partial charge in [0.25, 0.3) is 0 Å². The average Bonchev–Trinajstić information content (AvgIpc) is 2.70. The number of fused-ring (bicyclic) bond motifs is 1. The van der Waals surface area contributed by atoms with E-state index in [0.29, 0.717) is 5.92 Å². The molecular formula is C13H19NO2S. The molecule has 0 atom stereocenters. The van der Waals surface area contributed by atoms with Gasteiger partial charge in [-0.3, -0.25) is 4.90 Å². The van der Waals surface area contributed by atoms with Crippen molar-refractivity contribution >= 4 is 17.3 Å². The number of nitrogens with zero attached hydrogens (tertiary/aromatic N) is 1. The Morgan fingerprint density at radius 1 is 1.59 bits per heavy atom. The molecule has 2 heterocycles. The van der Waals surface area contributed by atoms with Crippen LogP contribution in [0.2, 0.25) is 0 Å². The smallest absolute Gasteiger partial charge is 0.338 e. The van der Waals surface area contributed by atoms with Gasteiger partial charge in [-0.1, -0.05) is 13.8 Å². The van der Waals surface area contributed by atoms with Gasteiger partial charge in [0.05, 0.1) is 12.7 Å². The Kier molecular flexibility index (Phi) is 3.84. The van der Waals surface area contributed by atoms with E-state index in [4.69, 9.17) is 4.74 Å². The van der Waals surface area contributed by atoms with E-state index in [-0.39, 0.29) is 5.97 Å². The molecule has 1 aromatic rings. The third kappa shape index (κ3) is 2.69. The fraction of sp³-hybridized carbons (Fsp3) is 0.615. The van der Waals surface area contributed by atoms with Crippen LogP contribution in [0, 0.1) is 5.92 Å². The zero-order valence-electron chi connectivity index (χ0n) is 10.7. The summed E-state index contributed by atoms with van der Waals surface area (Å²) in [4.78, 5) is 15.4. The van der Waals surface area contributed by atoms with E-state index in [2.05, 4.69) is 18.7 Å². The number of hydrogen-bond donors (Lipinski definition) is 0. The van der Waals surface area contributed by atoms with Gasteiger partial charge in [0.2, 0.25) is 0 Å². The number of esters is 1. The first-order valence-corrected chi connectivity index (χ1v) is 6.89. The van der Waals surface area contributed by atoms with Crippen LogP contribution in [-0.4, -0.2) is 31.1 Å². The third-order valence-electron chi connectivity index (χ3n) is 3.05. The molecule has 0 saturated heterocycles. The minimum atomic E-state index is -0.195. The van der Waals surface area contributed by atoms with Crippen LogP contribution in [-0.2, 0) is 17.7 Å². The summed E-state index contributed by atoms with van der Waals surface area (Å²) in [6.07, 6.45) is 0.968. The molecule has 94 valence electrons. The Bertz CT molecular complexity index is 412. The summed E-state index contributed by atoms with van der Waals surface area (Å²) < 4.78 is 4.81. The summed E-state index contributed by atoms with van der Waals surface area (Å²) >= 11 is 1.68. The van der Waals surface area contributed by atoms with Crippen molar-refractivity contribution in [1.29, 1.82) is 0 Å². The van der Waals surface area contributed by atoms with Crippen molar-refractivity contribution in [3.63, 3.8) is 0 Å². The normalized spacial score (nSPS) is 16.0. The molecule has 0 aromatic carbocycles. The molecule has 3 nitrogen and oxygen atoms in total. The van der Waals surface area contributed by atoms with Gasteiger partial charge in [-0.2, -0.15) is 0 Å². The van der Waals surface area contributed by atoms with Gasteiger partial charge < -0.3 is 4.74 Å². The van der Waals surface area contributed by atoms with E-state index in [9.17, 15) is 4.79 Å². The van der Waals surface area contributed by atoms with Crippen molar-refractivity contribution in [2.24, 2.45) is 5.92 Å². The van der Waals surface area contributed by atoms with Gasteiger partial charge in [0, 0.05) is 29.9 Å². The number of carbonyl (C=O) groups excluding carboxylic acids is 1. The molecule has 0 bridgehead atoms. The molecule has 1 aromatic heterocycles. The summed E-state index contributed by atoms with van der Waals surface area (Å²) in [7, 11) is 1.44. The van der Waals surface area contributed by atoms with Crippen molar-refractivity contribution in [3.8, 4) is 0 Å². The molecule has 1 aliphatic heterocycles. The topological polar surface area (TPSA) is 29.5 Å². The van der Waals surface area contributed by atoms with Gasteiger partial charge in [0.1, 0.15) is 0 Å². The molecule has 0 radical (unpaired) electrons. The highest BCUT2D eigenvalue weighted by atomic mass is 32.1. The Balaban J connectivity index is 2.13. The van der Waals surface area contributed by atoms with Crippen LogP contribution >= 0.6 is 11.3 Å². The molecule has 0 fully saturated rings. The molecule has 0 spiro atoms. The first-order chi connectivity index (χ1) is 8.11. The summed E-state index contributed by atoms with van der Waals surface area (Å²) in [5, 5.41) is 1.94. The molecule has 1 aliphatic rings. The monoisotopic (exact) mass is 253 g/mol. The number of methoxy groups -OCH3 is 1. The maximum absolute atomic E-state index is 11.6. The Morgan fingerprint density at radius 3 is 3.00 bits per heavy atom. The average molecular weight is 253 g/mol. The van der Waals surface area contributed by atoms with E-state index in [1.807, 2.05) is 5.38 Å². The van der Waals surface area contributed by atoms with Gasteiger partial charge >= 0.3 is 5.97 Å². The standard InChI is InChI=1S/C13H19NO2S/c1-9(2)6-14-5-4-10-11(13(15)16-3)8-17-12(10)7-14/h8-9H,4-7H2,1-3H3. The second kappa shape index (κ2) is 5.19. The van der Waals surface area contributed by atoms with Gasteiger partial charge in [-0.25, -0.2) is 4.79 Å². The number of hydrogen-bond acceptors (Lipinski definition) is 4. The van der Waals surface area contributed by atoms with Crippen molar-refractivity contribution in [2.75, 3.05) is 20.2 Å². The van der Waals surface area contributed by atoms with E-state index in [1.54, 1.807) is 11.3 Å².